The minimum Gasteiger partial charge on any atom is -0.464 e. The van der Waals surface area contributed by atoms with Crippen molar-refractivity contribution in [1.29, 1.82) is 0 Å². The fourth-order valence-corrected chi connectivity index (χ4v) is 11.1. The number of halogens is 2. The molecule has 2 saturated heterocycles. The first-order valence-electron chi connectivity index (χ1n) is 23.4. The molecule has 1 aliphatic carbocycles. The number of carbonyl (C=O) groups is 4. The Morgan fingerprint density at radius 1 is 0.768 bits per heavy atom. The number of hydrogen-bond donors (Lipinski definition) is 4. The number of fused-ring (bicyclic) bond motifs is 5. The zero-order valence-corrected chi connectivity index (χ0v) is 39.9. The molecule has 6 aromatic rings. The second kappa shape index (κ2) is 18.2. The van der Waals surface area contributed by atoms with Crippen molar-refractivity contribution in [3.05, 3.63) is 82.1 Å². The van der Waals surface area contributed by atoms with Crippen LogP contribution < -0.4 is 15.4 Å². The van der Waals surface area contributed by atoms with E-state index in [-0.39, 0.29) is 52.1 Å². The minimum atomic E-state index is -0.874. The summed E-state index contributed by atoms with van der Waals surface area (Å²) < 4.78 is 52.3. The number of nitrogens with zero attached hydrogens (tertiary/aromatic N) is 6. The number of aromatic amines is 2. The number of benzene rings is 2. The van der Waals surface area contributed by atoms with Gasteiger partial charge in [-0.15, -0.1) is 11.3 Å². The van der Waals surface area contributed by atoms with Gasteiger partial charge in [0.25, 0.3) is 0 Å². The molecule has 3 aliphatic heterocycles. The highest BCUT2D eigenvalue weighted by Gasteiger charge is 2.41. The second-order valence-electron chi connectivity index (χ2n) is 18.9. The zero-order chi connectivity index (χ0) is 48.4. The van der Waals surface area contributed by atoms with Crippen LogP contribution in [0.15, 0.2) is 48.9 Å². The van der Waals surface area contributed by atoms with Gasteiger partial charge in [-0.2, -0.15) is 0 Å². The van der Waals surface area contributed by atoms with E-state index in [1.54, 1.807) is 51.2 Å². The molecule has 5 atom stereocenters. The molecule has 4 N–H and O–H groups in total. The van der Waals surface area contributed by atoms with E-state index in [2.05, 4.69) is 30.6 Å². The van der Waals surface area contributed by atoms with Crippen LogP contribution in [0.2, 0.25) is 0 Å². The van der Waals surface area contributed by atoms with Gasteiger partial charge in [-0.25, -0.2) is 33.3 Å². The average Bonchev–Trinajstić information content (AvgIpc) is 4.05. The van der Waals surface area contributed by atoms with Crippen LogP contribution in [0.4, 0.5) is 18.4 Å². The first kappa shape index (κ1) is 45.9. The lowest BCUT2D eigenvalue weighted by atomic mass is 10.0. The lowest BCUT2D eigenvalue weighted by Gasteiger charge is -2.30. The van der Waals surface area contributed by atoms with Gasteiger partial charge in [-0.3, -0.25) is 14.2 Å². The smallest absolute Gasteiger partial charge is 0.407 e. The summed E-state index contributed by atoms with van der Waals surface area (Å²) >= 11 is 1.50. The summed E-state index contributed by atoms with van der Waals surface area (Å²) in [6.45, 7) is 8.38. The van der Waals surface area contributed by atoms with Crippen LogP contribution in [0.3, 0.4) is 0 Å². The molecule has 69 heavy (non-hydrogen) atoms. The fraction of sp³-hybridized carbons (Fsp3) is 0.449. The number of ether oxygens (including phenoxy) is 3. The molecule has 1 saturated carbocycles. The van der Waals surface area contributed by atoms with E-state index in [0.29, 0.717) is 71.5 Å². The van der Waals surface area contributed by atoms with Gasteiger partial charge in [0, 0.05) is 41.7 Å². The molecule has 0 bridgehead atoms. The highest BCUT2D eigenvalue weighted by Crippen LogP contribution is 2.51. The van der Waals surface area contributed by atoms with E-state index < -0.39 is 48.2 Å². The lowest BCUT2D eigenvalue weighted by Crippen LogP contribution is -2.51. The third-order valence-electron chi connectivity index (χ3n) is 13.7. The van der Waals surface area contributed by atoms with Gasteiger partial charge >= 0.3 is 12.2 Å². The maximum absolute atomic E-state index is 17.4. The number of rotatable bonds is 12. The molecular weight excluding hydrogens is 911 g/mol. The van der Waals surface area contributed by atoms with Crippen molar-refractivity contribution in [2.24, 2.45) is 11.8 Å². The molecule has 17 nitrogen and oxygen atoms in total. The zero-order valence-electron chi connectivity index (χ0n) is 39.1. The van der Waals surface area contributed by atoms with Crippen molar-refractivity contribution < 1.29 is 42.2 Å². The normalized spacial score (nSPS) is 19.7. The van der Waals surface area contributed by atoms with Crippen molar-refractivity contribution in [2.45, 2.75) is 103 Å². The van der Waals surface area contributed by atoms with Crippen LogP contribution in [0.5, 0.6) is 5.75 Å². The predicted octanol–water partition coefficient (Wildman–Crippen LogP) is 8.73. The maximum Gasteiger partial charge on any atom is 0.407 e. The molecule has 4 aliphatic rings. The topological polar surface area (TPSA) is 202 Å². The number of likely N-dealkylation sites (tertiary alicyclic amines) is 2. The number of nitrogens with one attached hydrogen (secondary N) is 4. The number of amides is 4. The predicted molar refractivity (Wildman–Crippen MR) is 251 cm³/mol. The third kappa shape index (κ3) is 8.35. The molecule has 4 aromatic heterocycles. The Bertz CT molecular complexity index is 2980. The SMILES string of the molecule is COC(=O)N[C@H](C(=O)N1CCC[C@H]1c1ncc(-c2cc(F)c3c(c2)OC(c2cnc(C4CC4)s2)n2c-3c(F)c3cc(-c4cnc([C@@H]5CCCN5C(=O)[C@@H](NC(=O)OC)C(C)C)[nH]4)ccc32)[nH]1)C(C)C. The van der Waals surface area contributed by atoms with Crippen molar-refractivity contribution >= 4 is 46.2 Å². The number of hydrogen-bond acceptors (Lipinski definition) is 11. The van der Waals surface area contributed by atoms with Gasteiger partial charge in [-0.1, -0.05) is 33.8 Å². The van der Waals surface area contributed by atoms with E-state index in [4.69, 9.17) is 19.2 Å². The first-order valence-corrected chi connectivity index (χ1v) is 24.3. The van der Waals surface area contributed by atoms with Crippen LogP contribution in [-0.4, -0.2) is 103 Å². The minimum absolute atomic E-state index is 0.0291. The highest BCUT2D eigenvalue weighted by atomic mass is 32.1. The number of imidazole rings is 2. The standard InChI is InChI=1S/C49H54F2N10O7S/c1-23(2)39(57-48(64)66-5)45(62)59-15-7-9-33(59)42-52-20-30(55-42)26-13-14-32-28(17-26)38(51)41-37-29(50)18-27(19-35(37)68-47(61(32)41)36-22-54-44(69-36)25-11-12-25)31-21-53-43(56-31)34-10-8-16-60(34)46(63)40(24(3)4)58-49(65)67-6/h13-14,17-25,33-34,39-40,47H,7-12,15-16H2,1-6H3,(H,52,55)(H,53,56)(H,57,64)(H,58,65)/t33-,34-,39-,40-,47?/m0/s1. The molecule has 362 valence electrons. The van der Waals surface area contributed by atoms with E-state index >= 15 is 8.78 Å². The van der Waals surface area contributed by atoms with Gasteiger partial charge in [0.05, 0.1) is 76.7 Å². The summed E-state index contributed by atoms with van der Waals surface area (Å²) in [7, 11) is 2.51. The van der Waals surface area contributed by atoms with E-state index in [9.17, 15) is 19.2 Å². The van der Waals surface area contributed by atoms with E-state index in [1.807, 2.05) is 33.8 Å². The molecule has 7 heterocycles. The van der Waals surface area contributed by atoms with Crippen LogP contribution in [0.1, 0.15) is 112 Å². The van der Waals surface area contributed by atoms with Crippen molar-refractivity contribution in [3.8, 4) is 39.5 Å². The van der Waals surface area contributed by atoms with E-state index in [1.165, 1.54) is 31.6 Å². The largest absolute Gasteiger partial charge is 0.464 e. The molecular formula is C49H54F2N10O7S. The van der Waals surface area contributed by atoms with E-state index in [0.717, 1.165) is 35.6 Å². The highest BCUT2D eigenvalue weighted by molar-refractivity contribution is 7.11. The Morgan fingerprint density at radius 2 is 1.35 bits per heavy atom. The summed E-state index contributed by atoms with van der Waals surface area (Å²) in [5.41, 5.74) is 2.63. The van der Waals surface area contributed by atoms with Crippen LogP contribution in [-0.2, 0) is 19.1 Å². The Balaban J connectivity index is 0.981. The van der Waals surface area contributed by atoms with Crippen LogP contribution >= 0.6 is 11.3 Å². The number of methoxy groups -OCH3 is 2. The molecule has 1 unspecified atom stereocenters. The molecule has 20 heteroatoms. The Hall–Kier alpha value is -6.83. The van der Waals surface area contributed by atoms with Gasteiger partial charge in [0.15, 0.2) is 5.82 Å². The maximum atomic E-state index is 17.4. The summed E-state index contributed by atoms with van der Waals surface area (Å²) in [5.74, 6) is -0.616. The molecule has 0 radical (unpaired) electrons. The number of aromatic nitrogens is 6. The molecule has 0 spiro atoms. The Kier molecular flexibility index (Phi) is 12.1. The Labute approximate surface area is 400 Å². The summed E-state index contributed by atoms with van der Waals surface area (Å²) in [4.78, 5) is 76.8. The molecule has 2 aromatic carbocycles. The summed E-state index contributed by atoms with van der Waals surface area (Å²) in [6.07, 6.45) is 7.60. The quantitative estimate of drug-likeness (QED) is 0.0919. The van der Waals surface area contributed by atoms with Crippen molar-refractivity contribution in [2.75, 3.05) is 27.3 Å². The first-order chi connectivity index (χ1) is 33.2. The average molecular weight is 965 g/mol. The van der Waals surface area contributed by atoms with Crippen molar-refractivity contribution in [3.63, 3.8) is 0 Å². The second-order valence-corrected chi connectivity index (χ2v) is 20.0. The van der Waals surface area contributed by atoms with Crippen LogP contribution in [0.25, 0.3) is 44.7 Å². The number of thiazole rings is 1. The number of H-pyrrole nitrogens is 2. The number of alkyl carbamates (subject to hydrolysis) is 2. The summed E-state index contributed by atoms with van der Waals surface area (Å²) in [5, 5.41) is 6.56. The number of carbonyl (C=O) groups excluding carboxylic acids is 4. The van der Waals surface area contributed by atoms with Gasteiger partial charge in [0.1, 0.15) is 35.3 Å². The van der Waals surface area contributed by atoms with Gasteiger partial charge in [-0.05, 0) is 74.6 Å². The molecule has 3 fully saturated rings. The third-order valence-corrected chi connectivity index (χ3v) is 14.9. The molecule has 10 rings (SSSR count). The summed E-state index contributed by atoms with van der Waals surface area (Å²) in [6, 6.07) is 6.00. The van der Waals surface area contributed by atoms with Crippen LogP contribution in [0, 0.1) is 23.5 Å². The fourth-order valence-electron chi connectivity index (χ4n) is 9.96. The van der Waals surface area contributed by atoms with Gasteiger partial charge in [0.2, 0.25) is 18.0 Å². The lowest BCUT2D eigenvalue weighted by molar-refractivity contribution is -0.136. The monoisotopic (exact) mass is 964 g/mol. The Morgan fingerprint density at radius 3 is 1.90 bits per heavy atom. The van der Waals surface area contributed by atoms with Crippen molar-refractivity contribution in [1.82, 2.24) is 49.9 Å². The van der Waals surface area contributed by atoms with Gasteiger partial charge < -0.3 is 44.6 Å². The molecule has 4 amide bonds.